The molecule has 2 amide bonds. The zero-order valence-electron chi connectivity index (χ0n) is 22.2. The molecule has 0 aliphatic carbocycles. The molecule has 39 heavy (non-hydrogen) atoms. The molecule has 4 aromatic rings. The number of hydrogen-bond acceptors (Lipinski definition) is 9. The lowest BCUT2D eigenvalue weighted by Gasteiger charge is -2.21. The van der Waals surface area contributed by atoms with Crippen molar-refractivity contribution in [2.75, 3.05) is 26.0 Å². The second-order valence-corrected chi connectivity index (χ2v) is 10.8. The van der Waals surface area contributed by atoms with Crippen LogP contribution >= 0.6 is 11.3 Å². The first-order chi connectivity index (χ1) is 18.7. The Morgan fingerprint density at radius 1 is 1.21 bits per heavy atom. The number of anilines is 2. The standard InChI is InChI=1S/C27H30N8O3S/c1-16(2)14-35-22(13-20(33-35)23(36)28-3)32-26-29-10-8-19(31-26)21-15-39-24(30-21)17-6-5-7-18(12-17)27(38)9-11-34(4)25(27)37/h5-8,10,12-13,15-16,38H,9,11,14H2,1-4H3,(H,28,36)(H,29,31,32)/t27-/m1/s1. The van der Waals surface area contributed by atoms with E-state index in [2.05, 4.69) is 39.5 Å². The number of aliphatic hydroxyl groups is 1. The van der Waals surface area contributed by atoms with Gasteiger partial charge in [-0.15, -0.1) is 11.3 Å². The molecule has 1 fully saturated rings. The number of nitrogens with one attached hydrogen (secondary N) is 2. The van der Waals surface area contributed by atoms with E-state index in [4.69, 9.17) is 4.98 Å². The van der Waals surface area contributed by atoms with Crippen LogP contribution in [0.3, 0.4) is 0 Å². The minimum atomic E-state index is -1.52. The van der Waals surface area contributed by atoms with Gasteiger partial charge in [-0.1, -0.05) is 32.0 Å². The highest BCUT2D eigenvalue weighted by Gasteiger charge is 2.45. The number of carbonyl (C=O) groups excluding carboxylic acids is 2. The number of carbonyl (C=O) groups is 2. The van der Waals surface area contributed by atoms with Gasteiger partial charge in [-0.05, 0) is 23.6 Å². The molecule has 1 atom stereocenters. The Bertz CT molecular complexity index is 1530. The highest BCUT2D eigenvalue weighted by atomic mass is 32.1. The lowest BCUT2D eigenvalue weighted by atomic mass is 9.91. The van der Waals surface area contributed by atoms with Crippen molar-refractivity contribution in [1.29, 1.82) is 0 Å². The maximum Gasteiger partial charge on any atom is 0.271 e. The molecule has 5 rings (SSSR count). The summed E-state index contributed by atoms with van der Waals surface area (Å²) in [6.45, 7) is 5.27. The van der Waals surface area contributed by atoms with Crippen LogP contribution in [-0.2, 0) is 16.9 Å². The van der Waals surface area contributed by atoms with E-state index in [0.717, 1.165) is 10.6 Å². The van der Waals surface area contributed by atoms with Crippen LogP contribution in [0.2, 0.25) is 0 Å². The summed E-state index contributed by atoms with van der Waals surface area (Å²) in [5.74, 6) is 0.711. The summed E-state index contributed by atoms with van der Waals surface area (Å²) in [6, 6.07) is 10.8. The summed E-state index contributed by atoms with van der Waals surface area (Å²) in [5.41, 5.74) is 1.46. The van der Waals surface area contributed by atoms with Gasteiger partial charge in [0, 0.05) is 56.8 Å². The maximum absolute atomic E-state index is 12.6. The van der Waals surface area contributed by atoms with E-state index in [1.54, 1.807) is 48.1 Å². The van der Waals surface area contributed by atoms with Crippen molar-refractivity contribution in [3.8, 4) is 22.0 Å². The molecule has 0 saturated carbocycles. The van der Waals surface area contributed by atoms with Gasteiger partial charge in [0.05, 0.1) is 5.69 Å². The Morgan fingerprint density at radius 3 is 2.74 bits per heavy atom. The van der Waals surface area contributed by atoms with Gasteiger partial charge in [-0.3, -0.25) is 9.59 Å². The fourth-order valence-electron chi connectivity index (χ4n) is 4.47. The highest BCUT2D eigenvalue weighted by Crippen LogP contribution is 2.36. The summed E-state index contributed by atoms with van der Waals surface area (Å²) in [5, 5.41) is 23.9. The highest BCUT2D eigenvalue weighted by molar-refractivity contribution is 7.13. The maximum atomic E-state index is 12.6. The van der Waals surface area contributed by atoms with Crippen LogP contribution in [0.4, 0.5) is 11.8 Å². The minimum absolute atomic E-state index is 0.272. The van der Waals surface area contributed by atoms with Crippen LogP contribution in [0.15, 0.2) is 48.0 Å². The van der Waals surface area contributed by atoms with Gasteiger partial charge in [0.25, 0.3) is 11.8 Å². The van der Waals surface area contributed by atoms with Crippen LogP contribution in [0, 0.1) is 5.92 Å². The average Bonchev–Trinajstić information content (AvgIpc) is 3.64. The average molecular weight is 547 g/mol. The number of nitrogens with zero attached hydrogens (tertiary/aromatic N) is 6. The molecular formula is C27H30N8O3S. The van der Waals surface area contributed by atoms with Crippen molar-refractivity contribution < 1.29 is 14.7 Å². The molecule has 1 saturated heterocycles. The normalized spacial score (nSPS) is 17.2. The van der Waals surface area contributed by atoms with E-state index < -0.39 is 5.60 Å². The van der Waals surface area contributed by atoms with E-state index in [9.17, 15) is 14.7 Å². The number of hydrogen-bond donors (Lipinski definition) is 3. The van der Waals surface area contributed by atoms with Gasteiger partial charge in [-0.25, -0.2) is 19.6 Å². The lowest BCUT2D eigenvalue weighted by molar-refractivity contribution is -0.143. The topological polar surface area (TPSA) is 138 Å². The molecule has 1 aliphatic heterocycles. The molecule has 1 aliphatic rings. The first-order valence-electron chi connectivity index (χ1n) is 12.6. The molecule has 0 radical (unpaired) electrons. The van der Waals surface area contributed by atoms with Crippen molar-refractivity contribution in [3.05, 3.63) is 59.2 Å². The molecule has 11 nitrogen and oxygen atoms in total. The van der Waals surface area contributed by atoms with E-state index in [-0.39, 0.29) is 11.8 Å². The molecule has 4 heterocycles. The van der Waals surface area contributed by atoms with E-state index in [1.807, 2.05) is 23.6 Å². The smallest absolute Gasteiger partial charge is 0.271 e. The predicted octanol–water partition coefficient (Wildman–Crippen LogP) is 3.27. The number of rotatable bonds is 8. The number of thiazole rings is 1. The fraction of sp³-hybridized carbons (Fsp3) is 0.333. The number of amides is 2. The van der Waals surface area contributed by atoms with Crippen LogP contribution in [-0.4, -0.2) is 67.2 Å². The zero-order chi connectivity index (χ0) is 27.7. The minimum Gasteiger partial charge on any atom is -0.375 e. The van der Waals surface area contributed by atoms with Crippen LogP contribution in [0.25, 0.3) is 22.0 Å². The third-order valence-corrected chi connectivity index (χ3v) is 7.43. The number of likely N-dealkylation sites (tertiary alicyclic amines) is 1. The summed E-state index contributed by atoms with van der Waals surface area (Å²) < 4.78 is 1.74. The third-order valence-electron chi connectivity index (χ3n) is 6.54. The van der Waals surface area contributed by atoms with Crippen LogP contribution in [0.1, 0.15) is 36.3 Å². The quantitative estimate of drug-likeness (QED) is 0.306. The van der Waals surface area contributed by atoms with Gasteiger partial charge in [0.15, 0.2) is 11.3 Å². The molecule has 1 aromatic carbocycles. The van der Waals surface area contributed by atoms with Crippen molar-refractivity contribution in [2.45, 2.75) is 32.4 Å². The van der Waals surface area contributed by atoms with Gasteiger partial charge >= 0.3 is 0 Å². The molecular weight excluding hydrogens is 516 g/mol. The first-order valence-corrected chi connectivity index (χ1v) is 13.5. The summed E-state index contributed by atoms with van der Waals surface area (Å²) in [4.78, 5) is 40.0. The largest absolute Gasteiger partial charge is 0.375 e. The van der Waals surface area contributed by atoms with Gasteiger partial charge in [0.1, 0.15) is 16.5 Å². The Labute approximate surface area is 229 Å². The molecule has 0 unspecified atom stereocenters. The van der Waals surface area contributed by atoms with Gasteiger partial charge in [-0.2, -0.15) is 5.10 Å². The van der Waals surface area contributed by atoms with E-state index in [1.165, 1.54) is 11.3 Å². The van der Waals surface area contributed by atoms with Gasteiger partial charge < -0.3 is 20.6 Å². The second kappa shape index (κ2) is 10.5. The second-order valence-electron chi connectivity index (χ2n) is 9.92. The number of aromatic nitrogens is 5. The van der Waals surface area contributed by atoms with Crippen molar-refractivity contribution in [1.82, 2.24) is 34.9 Å². The molecule has 0 spiro atoms. The summed E-state index contributed by atoms with van der Waals surface area (Å²) in [6.07, 6.45) is 2.00. The molecule has 3 aromatic heterocycles. The SMILES string of the molecule is CNC(=O)c1cc(Nc2nccc(-c3csc(-c4cccc([C@]5(O)CCN(C)C5=O)c4)n3)n2)n(CC(C)C)n1. The molecule has 0 bridgehead atoms. The first kappa shape index (κ1) is 26.4. The van der Waals surface area contributed by atoms with Crippen molar-refractivity contribution in [2.24, 2.45) is 5.92 Å². The Morgan fingerprint density at radius 2 is 2.03 bits per heavy atom. The fourth-order valence-corrected chi connectivity index (χ4v) is 5.28. The van der Waals surface area contributed by atoms with Crippen molar-refractivity contribution >= 4 is 34.9 Å². The summed E-state index contributed by atoms with van der Waals surface area (Å²) in [7, 11) is 3.26. The van der Waals surface area contributed by atoms with E-state index >= 15 is 0 Å². The lowest BCUT2D eigenvalue weighted by Crippen LogP contribution is -2.36. The number of likely N-dealkylation sites (N-methyl/N-ethyl adjacent to an activating group) is 1. The van der Waals surface area contributed by atoms with Crippen LogP contribution < -0.4 is 10.6 Å². The third kappa shape index (κ3) is 5.25. The van der Waals surface area contributed by atoms with Gasteiger partial charge in [0.2, 0.25) is 5.95 Å². The monoisotopic (exact) mass is 546 g/mol. The van der Waals surface area contributed by atoms with E-state index in [0.29, 0.717) is 59.8 Å². The predicted molar refractivity (Wildman–Crippen MR) is 148 cm³/mol. The molecule has 202 valence electrons. The molecule has 3 N–H and O–H groups in total. The summed E-state index contributed by atoms with van der Waals surface area (Å²) >= 11 is 1.45. The van der Waals surface area contributed by atoms with Crippen LogP contribution in [0.5, 0.6) is 0 Å². The Balaban J connectivity index is 1.40. The van der Waals surface area contributed by atoms with Crippen molar-refractivity contribution in [3.63, 3.8) is 0 Å². The Kier molecular flexibility index (Phi) is 7.15. The number of benzene rings is 1. The Hall–Kier alpha value is -4.16. The zero-order valence-corrected chi connectivity index (χ0v) is 23.0. The molecule has 12 heteroatoms.